The molecule has 3 nitrogen and oxygen atoms in total. The first-order valence-electron chi connectivity index (χ1n) is 2.94. The Morgan fingerprint density at radius 3 is 2.27 bits per heavy atom. The average molecular weight is 250 g/mol. The fourth-order valence-electron chi connectivity index (χ4n) is 0.573. The normalized spacial score (nSPS) is 14.8. The molecule has 0 fully saturated rings. The minimum Gasteiger partial charge on any atom is -0.483 e. The van der Waals surface area contributed by atoms with Crippen molar-refractivity contribution >= 4 is 15.4 Å². The number of hydrogen-bond donors (Lipinski definition) is 2. The first kappa shape index (κ1) is 14.5. The van der Waals surface area contributed by atoms with Gasteiger partial charge in [0.1, 0.15) is 0 Å². The standard InChI is InChI=1S/C6H12NO2P.Y/c1-3-5(7-10)4(2)6(8)9;/h4-5,7H,1-3,10H2,(H,8,9);/q-2;/t4-,5+;/m0./s1. The molecule has 0 aliphatic rings. The van der Waals surface area contributed by atoms with Crippen LogP contribution >= 0.6 is 9.39 Å². The SMILES string of the molecule is [CH2-]C[C@@H](NP)[C@H]([CH2-])C(=O)O.[Y]. The van der Waals surface area contributed by atoms with Crippen molar-refractivity contribution in [1.82, 2.24) is 5.09 Å². The summed E-state index contributed by atoms with van der Waals surface area (Å²) >= 11 is 0. The molecule has 63 valence electrons. The van der Waals surface area contributed by atoms with Gasteiger partial charge in [0.2, 0.25) is 0 Å². The van der Waals surface area contributed by atoms with E-state index >= 15 is 0 Å². The summed E-state index contributed by atoms with van der Waals surface area (Å²) in [6.07, 6.45) is 0.518. The molecule has 3 atom stereocenters. The molecule has 0 heterocycles. The van der Waals surface area contributed by atoms with Gasteiger partial charge in [0.05, 0.1) is 0 Å². The Balaban J connectivity index is 0. The Morgan fingerprint density at radius 2 is 2.18 bits per heavy atom. The van der Waals surface area contributed by atoms with Crippen molar-refractivity contribution < 1.29 is 42.6 Å². The van der Waals surface area contributed by atoms with E-state index in [0.717, 1.165) is 0 Å². The summed E-state index contributed by atoms with van der Waals surface area (Å²) < 4.78 is 0. The predicted molar refractivity (Wildman–Crippen MR) is 43.1 cm³/mol. The van der Waals surface area contributed by atoms with E-state index in [1.165, 1.54) is 0 Å². The van der Waals surface area contributed by atoms with Crippen LogP contribution in [0.3, 0.4) is 0 Å². The molecule has 0 aromatic rings. The van der Waals surface area contributed by atoms with Crippen molar-refractivity contribution in [3.63, 3.8) is 0 Å². The number of hydrogen-bond acceptors (Lipinski definition) is 2. The van der Waals surface area contributed by atoms with Gasteiger partial charge in [-0.2, -0.15) is 6.42 Å². The molecular weight excluding hydrogens is 238 g/mol. The molecule has 0 aromatic heterocycles. The van der Waals surface area contributed by atoms with Gasteiger partial charge in [-0.05, 0) is 6.04 Å². The zero-order valence-corrected chi connectivity index (χ0v) is 10.3. The molecule has 0 aliphatic carbocycles. The van der Waals surface area contributed by atoms with E-state index in [0.29, 0.717) is 6.42 Å². The van der Waals surface area contributed by atoms with Gasteiger partial charge in [-0.3, -0.25) is 4.79 Å². The Kier molecular flexibility index (Phi) is 10.0. The third-order valence-corrected chi connectivity index (χ3v) is 1.76. The summed E-state index contributed by atoms with van der Waals surface area (Å²) in [6.45, 7) is 7.05. The summed E-state index contributed by atoms with van der Waals surface area (Å²) in [5, 5.41) is 11.2. The molecule has 0 aliphatic heterocycles. The maximum atomic E-state index is 10.3. The largest absolute Gasteiger partial charge is 0.483 e. The van der Waals surface area contributed by atoms with Crippen LogP contribution in [0.1, 0.15) is 6.42 Å². The van der Waals surface area contributed by atoms with E-state index in [2.05, 4.69) is 28.3 Å². The Morgan fingerprint density at radius 1 is 1.73 bits per heavy atom. The van der Waals surface area contributed by atoms with Gasteiger partial charge in [0.15, 0.2) is 0 Å². The van der Waals surface area contributed by atoms with Crippen LogP contribution in [-0.2, 0) is 37.5 Å². The number of carbonyl (C=O) groups is 1. The van der Waals surface area contributed by atoms with Crippen LogP contribution in [-0.4, -0.2) is 17.1 Å². The van der Waals surface area contributed by atoms with Crippen LogP contribution in [0.5, 0.6) is 0 Å². The second kappa shape index (κ2) is 7.60. The number of nitrogens with one attached hydrogen (secondary N) is 1. The average Bonchev–Trinajstić information content (AvgIpc) is 1.90. The predicted octanol–water partition coefficient (Wildman–Crippen LogP) is 0.491. The number of aliphatic carboxylic acids is 1. The zero-order chi connectivity index (χ0) is 8.15. The van der Waals surface area contributed by atoms with Gasteiger partial charge in [0.25, 0.3) is 5.97 Å². The Bertz CT molecular complexity index is 119. The van der Waals surface area contributed by atoms with Crippen molar-refractivity contribution in [3.8, 4) is 0 Å². The quantitative estimate of drug-likeness (QED) is 0.564. The van der Waals surface area contributed by atoms with E-state index in [1.807, 2.05) is 0 Å². The molecule has 0 bridgehead atoms. The van der Waals surface area contributed by atoms with E-state index in [1.54, 1.807) is 0 Å². The first-order chi connectivity index (χ1) is 4.63. The van der Waals surface area contributed by atoms with Crippen molar-refractivity contribution in [3.05, 3.63) is 13.8 Å². The fraction of sp³-hybridized carbons (Fsp3) is 0.500. The molecule has 5 heteroatoms. The van der Waals surface area contributed by atoms with E-state index in [4.69, 9.17) is 5.11 Å². The van der Waals surface area contributed by atoms with Gasteiger partial charge in [-0.15, -0.1) is 0 Å². The summed E-state index contributed by atoms with van der Waals surface area (Å²) in [5.74, 6) is -1.53. The molecule has 0 rings (SSSR count). The molecule has 2 N–H and O–H groups in total. The van der Waals surface area contributed by atoms with Gasteiger partial charge < -0.3 is 24.0 Å². The molecule has 0 amide bonds. The first-order valence-corrected chi connectivity index (χ1v) is 3.52. The van der Waals surface area contributed by atoms with Gasteiger partial charge in [0, 0.05) is 32.7 Å². The summed E-state index contributed by atoms with van der Waals surface area (Å²) in [4.78, 5) is 10.3. The second-order valence-electron chi connectivity index (χ2n) is 2.01. The summed E-state index contributed by atoms with van der Waals surface area (Å²) in [6, 6.07) is -0.164. The molecule has 11 heavy (non-hydrogen) atoms. The van der Waals surface area contributed by atoms with Crippen LogP contribution in [0.25, 0.3) is 0 Å². The monoisotopic (exact) mass is 250 g/mol. The van der Waals surface area contributed by atoms with Crippen LogP contribution < -0.4 is 5.09 Å². The van der Waals surface area contributed by atoms with Crippen molar-refractivity contribution in [2.75, 3.05) is 0 Å². The van der Waals surface area contributed by atoms with Crippen molar-refractivity contribution in [2.45, 2.75) is 12.5 Å². The summed E-state index contributed by atoms with van der Waals surface area (Å²) in [5.41, 5.74) is 0. The molecule has 0 saturated carbocycles. The van der Waals surface area contributed by atoms with Crippen molar-refractivity contribution in [1.29, 1.82) is 0 Å². The number of rotatable bonds is 4. The van der Waals surface area contributed by atoms with E-state index in [9.17, 15) is 4.79 Å². The molecule has 0 spiro atoms. The number of carboxylic acids is 1. The van der Waals surface area contributed by atoms with E-state index in [-0.39, 0.29) is 38.8 Å². The molecule has 1 unspecified atom stereocenters. The maximum absolute atomic E-state index is 10.3. The van der Waals surface area contributed by atoms with Crippen LogP contribution in [0.2, 0.25) is 0 Å². The Hall–Kier alpha value is 0.964. The minimum atomic E-state index is -0.899. The van der Waals surface area contributed by atoms with Gasteiger partial charge >= 0.3 is 0 Å². The topological polar surface area (TPSA) is 49.3 Å². The smallest absolute Gasteiger partial charge is 0.277 e. The number of carboxylic acid groups (broad SMARTS) is 1. The fourth-order valence-corrected chi connectivity index (χ4v) is 0.972. The summed E-state index contributed by atoms with van der Waals surface area (Å²) in [7, 11) is 2.26. The third kappa shape index (κ3) is 5.24. The maximum Gasteiger partial charge on any atom is 0.277 e. The molecular formula is C6H12NO2PY-2. The molecule has 0 aromatic carbocycles. The van der Waals surface area contributed by atoms with E-state index < -0.39 is 11.9 Å². The van der Waals surface area contributed by atoms with Crippen LogP contribution in [0.4, 0.5) is 0 Å². The zero-order valence-electron chi connectivity index (χ0n) is 6.29. The van der Waals surface area contributed by atoms with Gasteiger partial charge in [-0.25, -0.2) is 0 Å². The third-order valence-electron chi connectivity index (χ3n) is 1.33. The minimum absolute atomic E-state index is 0. The van der Waals surface area contributed by atoms with Crippen LogP contribution in [0.15, 0.2) is 0 Å². The van der Waals surface area contributed by atoms with Gasteiger partial charge in [-0.1, -0.05) is 15.3 Å². The Labute approximate surface area is 94.8 Å². The van der Waals surface area contributed by atoms with Crippen LogP contribution in [0, 0.1) is 19.8 Å². The van der Waals surface area contributed by atoms with Crippen molar-refractivity contribution in [2.24, 2.45) is 5.92 Å². The molecule has 0 saturated heterocycles. The molecule has 1 radical (unpaired) electrons. The second-order valence-corrected chi connectivity index (χ2v) is 2.34.